The monoisotopic (exact) mass is 671 g/mol. The molecule has 0 radical (unpaired) electrons. The molecule has 5 aliphatic carbocycles. The number of thiophene rings is 1. The van der Waals surface area contributed by atoms with Gasteiger partial charge in [0.2, 0.25) is 0 Å². The highest BCUT2D eigenvalue weighted by Crippen LogP contribution is 2.79. The van der Waals surface area contributed by atoms with Crippen molar-refractivity contribution in [1.29, 1.82) is 0 Å². The number of benzene rings is 1. The molecule has 2 N–H and O–H groups in total. The molecule has 250 valence electrons. The van der Waals surface area contributed by atoms with Crippen LogP contribution < -0.4 is 0 Å². The Labute approximate surface area is 275 Å². The Balaban J connectivity index is 1.23. The van der Waals surface area contributed by atoms with Crippen molar-refractivity contribution >= 4 is 27.1 Å². The Bertz CT molecular complexity index is 1650. The number of aliphatic hydroxyl groups is 2. The maximum Gasteiger partial charge on any atom is 0.339 e. The molecule has 1 aromatic heterocycles. The van der Waals surface area contributed by atoms with E-state index in [0.29, 0.717) is 44.3 Å². The third-order valence-corrected chi connectivity index (χ3v) is 16.8. The van der Waals surface area contributed by atoms with Crippen LogP contribution in [0, 0.1) is 35.0 Å². The molecule has 7 bridgehead atoms. The molecule has 1 aliphatic heterocycles. The fourth-order valence-electron chi connectivity index (χ4n) is 12.3. The molecular formula is C35H45NO8S2. The lowest BCUT2D eigenvalue weighted by molar-refractivity contribution is -0.335. The van der Waals surface area contributed by atoms with E-state index in [1.807, 2.05) is 0 Å². The van der Waals surface area contributed by atoms with E-state index in [-0.39, 0.29) is 57.3 Å². The van der Waals surface area contributed by atoms with Crippen LogP contribution in [0.2, 0.25) is 0 Å². The van der Waals surface area contributed by atoms with Crippen LogP contribution in [0.15, 0.2) is 46.0 Å². The van der Waals surface area contributed by atoms with Crippen LogP contribution in [-0.2, 0) is 29.8 Å². The Morgan fingerprint density at radius 3 is 2.57 bits per heavy atom. The Morgan fingerprint density at radius 2 is 1.87 bits per heavy atom. The van der Waals surface area contributed by atoms with Crippen LogP contribution in [0.3, 0.4) is 0 Å². The number of hydrogen-bond acceptors (Lipinski definition) is 10. The zero-order valence-electron chi connectivity index (χ0n) is 26.9. The molecule has 11 heteroatoms. The van der Waals surface area contributed by atoms with Gasteiger partial charge in [-0.2, -0.15) is 0 Å². The predicted molar refractivity (Wildman–Crippen MR) is 171 cm³/mol. The van der Waals surface area contributed by atoms with Crippen molar-refractivity contribution in [3.05, 3.63) is 52.9 Å². The highest BCUT2D eigenvalue weighted by molar-refractivity contribution is 7.92. The maximum absolute atomic E-state index is 14.4. The zero-order chi connectivity index (χ0) is 32.4. The van der Waals surface area contributed by atoms with E-state index < -0.39 is 44.1 Å². The zero-order valence-corrected chi connectivity index (χ0v) is 28.6. The largest absolute Gasteiger partial charge is 0.454 e. The lowest BCUT2D eigenvalue weighted by atomic mass is 9.43. The molecule has 12 atom stereocenters. The number of likely N-dealkylation sites (N-methyl/N-ethyl adjacent to an activating group) is 1. The fourth-order valence-corrected chi connectivity index (χ4v) is 14.8. The van der Waals surface area contributed by atoms with Crippen molar-refractivity contribution in [2.75, 3.05) is 27.3 Å². The number of hydrogen-bond donors (Lipinski definition) is 2. The normalized spacial score (nSPS) is 45.5. The molecule has 46 heavy (non-hydrogen) atoms. The second-order valence-electron chi connectivity index (χ2n) is 15.0. The molecule has 5 saturated carbocycles. The average molecular weight is 672 g/mol. The molecule has 4 unspecified atom stereocenters. The van der Waals surface area contributed by atoms with Gasteiger partial charge in [0.05, 0.1) is 23.5 Å². The van der Waals surface area contributed by atoms with Crippen molar-refractivity contribution in [2.24, 2.45) is 35.0 Å². The highest BCUT2D eigenvalue weighted by atomic mass is 32.2. The summed E-state index contributed by atoms with van der Waals surface area (Å²) < 4.78 is 46.0. The molecular weight excluding hydrogens is 627 g/mol. The van der Waals surface area contributed by atoms with E-state index >= 15 is 0 Å². The number of likely N-dealkylation sites (tertiary alicyclic amines) is 1. The van der Waals surface area contributed by atoms with E-state index in [0.717, 1.165) is 6.42 Å². The summed E-state index contributed by atoms with van der Waals surface area (Å²) in [5, 5.41) is 27.5. The molecule has 0 amide bonds. The summed E-state index contributed by atoms with van der Waals surface area (Å²) in [6, 6.07) is 10.1. The van der Waals surface area contributed by atoms with Crippen LogP contribution in [-0.4, -0.2) is 91.9 Å². The maximum atomic E-state index is 14.4. The molecule has 8 rings (SSSR count). The molecule has 6 aliphatic rings. The summed E-state index contributed by atoms with van der Waals surface area (Å²) in [4.78, 5) is 16.7. The first kappa shape index (κ1) is 31.4. The third kappa shape index (κ3) is 3.68. The summed E-state index contributed by atoms with van der Waals surface area (Å²) in [5.41, 5.74) is -3.53. The van der Waals surface area contributed by atoms with Crippen LogP contribution >= 0.6 is 11.3 Å². The van der Waals surface area contributed by atoms with Crippen molar-refractivity contribution < 1.29 is 37.6 Å². The van der Waals surface area contributed by atoms with Gasteiger partial charge < -0.3 is 24.4 Å². The van der Waals surface area contributed by atoms with Gasteiger partial charge in [-0.05, 0) is 73.6 Å². The van der Waals surface area contributed by atoms with Gasteiger partial charge in [0.1, 0.15) is 21.0 Å². The standard InChI is InChI=1S/C35H45NO8S2/c1-5-36-19-32(44-31(37)22-10-7-6-9-21(22)18-46(40,41)28-11-8-14-45-28)13-12-27(42-3)34-25(32)16-24(29(34)36)33(38)17-20(2)23-15-26(34)35(33,39)30(23)43-4/h6-11,14,20,23-27,29-30,38-39H,5,12-13,15-19H2,1-4H3/t20-,23+,24?,25?,26?,27-,29+,30-,32+,33-,34?,35-/m0/s1. The van der Waals surface area contributed by atoms with Crippen molar-refractivity contribution in [1.82, 2.24) is 4.90 Å². The molecule has 6 fully saturated rings. The second-order valence-corrected chi connectivity index (χ2v) is 18.2. The van der Waals surface area contributed by atoms with Crippen LogP contribution in [0.4, 0.5) is 0 Å². The van der Waals surface area contributed by atoms with Crippen LogP contribution in [0.25, 0.3) is 0 Å². The summed E-state index contributed by atoms with van der Waals surface area (Å²) >= 11 is 1.17. The number of ether oxygens (including phenoxy) is 3. The van der Waals surface area contributed by atoms with E-state index in [1.165, 1.54) is 11.3 Å². The first-order chi connectivity index (χ1) is 21.9. The minimum Gasteiger partial charge on any atom is -0.454 e. The Hall–Kier alpha value is -1.86. The third-order valence-electron chi connectivity index (χ3n) is 13.6. The van der Waals surface area contributed by atoms with Gasteiger partial charge in [-0.25, -0.2) is 13.2 Å². The lowest BCUT2D eigenvalue weighted by Crippen LogP contribution is -2.83. The minimum atomic E-state index is -3.64. The van der Waals surface area contributed by atoms with Gasteiger partial charge in [-0.15, -0.1) is 11.3 Å². The van der Waals surface area contributed by atoms with E-state index in [1.54, 1.807) is 56.0 Å². The van der Waals surface area contributed by atoms with Crippen molar-refractivity contribution in [2.45, 2.75) is 91.0 Å². The number of methoxy groups -OCH3 is 2. The summed E-state index contributed by atoms with van der Waals surface area (Å²) in [5.74, 6) is -1.19. The van der Waals surface area contributed by atoms with Gasteiger partial charge in [0.25, 0.3) is 0 Å². The molecule has 2 aromatic rings. The van der Waals surface area contributed by atoms with Crippen LogP contribution in [0.1, 0.15) is 61.9 Å². The smallest absolute Gasteiger partial charge is 0.339 e. The number of esters is 1. The first-order valence-corrected chi connectivity index (χ1v) is 19.3. The number of carbonyl (C=O) groups excluding carboxylic acids is 1. The Kier molecular flexibility index (Phi) is 7.05. The number of piperidine rings is 1. The average Bonchev–Trinajstić information content (AvgIpc) is 3.72. The minimum absolute atomic E-state index is 0.0281. The van der Waals surface area contributed by atoms with E-state index in [4.69, 9.17) is 14.2 Å². The number of carbonyl (C=O) groups is 1. The number of rotatable bonds is 8. The molecule has 1 spiro atoms. The predicted octanol–water partition coefficient (Wildman–Crippen LogP) is 3.92. The number of nitrogens with zero attached hydrogens (tertiary/aromatic N) is 1. The number of sulfone groups is 1. The summed E-state index contributed by atoms with van der Waals surface area (Å²) in [6.45, 7) is 5.53. The van der Waals surface area contributed by atoms with Crippen molar-refractivity contribution in [3.8, 4) is 0 Å². The summed E-state index contributed by atoms with van der Waals surface area (Å²) in [6.07, 6.45) is 2.46. The number of fused-ring (bicyclic) bond motifs is 2. The molecule has 1 aromatic carbocycles. The summed E-state index contributed by atoms with van der Waals surface area (Å²) in [7, 11) is -0.237. The van der Waals surface area contributed by atoms with Gasteiger partial charge in [0, 0.05) is 50.0 Å². The Morgan fingerprint density at radius 1 is 1.09 bits per heavy atom. The van der Waals surface area contributed by atoms with Gasteiger partial charge in [-0.3, -0.25) is 4.90 Å². The van der Waals surface area contributed by atoms with Crippen LogP contribution in [0.5, 0.6) is 0 Å². The van der Waals surface area contributed by atoms with Gasteiger partial charge in [0.15, 0.2) is 9.84 Å². The topological polar surface area (TPSA) is 123 Å². The van der Waals surface area contributed by atoms with Crippen molar-refractivity contribution in [3.63, 3.8) is 0 Å². The van der Waals surface area contributed by atoms with E-state index in [2.05, 4.69) is 18.7 Å². The molecule has 9 nitrogen and oxygen atoms in total. The molecule has 1 saturated heterocycles. The fraction of sp³-hybridized carbons (Fsp3) is 0.686. The highest BCUT2D eigenvalue weighted by Gasteiger charge is 2.88. The second kappa shape index (κ2) is 10.3. The lowest BCUT2D eigenvalue weighted by Gasteiger charge is -2.70. The van der Waals surface area contributed by atoms with Gasteiger partial charge in [-0.1, -0.05) is 38.1 Å². The quantitative estimate of drug-likeness (QED) is 0.402. The molecule has 2 heterocycles. The SMILES string of the molecule is CCN1C[C@]2(OC(=O)c3ccccc3CS(=O)(=O)c3cccs3)CC[C@H](OC)C34C2CC([C@@H]13)[C@@]1(O)C[C@H](C)[C@H]2CC4[C@]1(O)[C@H]2OC. The first-order valence-electron chi connectivity index (χ1n) is 16.7. The van der Waals surface area contributed by atoms with E-state index in [9.17, 15) is 23.4 Å². The van der Waals surface area contributed by atoms with Gasteiger partial charge >= 0.3 is 5.97 Å².